The first-order valence-electron chi connectivity index (χ1n) is 8.48. The summed E-state index contributed by atoms with van der Waals surface area (Å²) < 4.78 is 5.49. The molecule has 0 amide bonds. The molecule has 0 aliphatic heterocycles. The molecule has 21 heavy (non-hydrogen) atoms. The van der Waals surface area contributed by atoms with E-state index in [2.05, 4.69) is 44.3 Å². The zero-order valence-electron chi connectivity index (χ0n) is 14.1. The first-order chi connectivity index (χ1) is 10.1. The van der Waals surface area contributed by atoms with Gasteiger partial charge in [0.2, 0.25) is 0 Å². The molecule has 1 aliphatic carbocycles. The molecule has 1 aliphatic rings. The van der Waals surface area contributed by atoms with Crippen molar-refractivity contribution in [2.75, 3.05) is 13.7 Å². The maximum Gasteiger partial charge on any atom is 0.123 e. The predicted molar refractivity (Wildman–Crippen MR) is 89.9 cm³/mol. The Balaban J connectivity index is 1.84. The molecule has 0 heterocycles. The summed E-state index contributed by atoms with van der Waals surface area (Å²) in [4.78, 5) is 0. The number of rotatable bonds is 6. The van der Waals surface area contributed by atoms with Gasteiger partial charge in [0.25, 0.3) is 0 Å². The quantitative estimate of drug-likeness (QED) is 0.806. The number of nitrogens with one attached hydrogen (secondary N) is 1. The van der Waals surface area contributed by atoms with E-state index in [1.807, 2.05) is 0 Å². The lowest BCUT2D eigenvalue weighted by Gasteiger charge is -2.27. The van der Waals surface area contributed by atoms with Crippen molar-refractivity contribution in [3.8, 4) is 5.75 Å². The minimum Gasteiger partial charge on any atom is -0.496 e. The minimum absolute atomic E-state index is 0.348. The van der Waals surface area contributed by atoms with Crippen LogP contribution in [0.2, 0.25) is 0 Å². The van der Waals surface area contributed by atoms with Gasteiger partial charge in [-0.05, 0) is 51.1 Å². The highest BCUT2D eigenvalue weighted by atomic mass is 16.5. The van der Waals surface area contributed by atoms with Gasteiger partial charge in [0, 0.05) is 11.6 Å². The third-order valence-corrected chi connectivity index (χ3v) is 4.90. The Bertz CT molecular complexity index is 443. The van der Waals surface area contributed by atoms with Gasteiger partial charge in [-0.25, -0.2) is 0 Å². The first-order valence-corrected chi connectivity index (χ1v) is 8.48. The second-order valence-electron chi connectivity index (χ2n) is 6.85. The van der Waals surface area contributed by atoms with Crippen molar-refractivity contribution in [1.82, 2.24) is 5.32 Å². The van der Waals surface area contributed by atoms with Gasteiger partial charge in [-0.2, -0.15) is 0 Å². The van der Waals surface area contributed by atoms with Gasteiger partial charge in [0.15, 0.2) is 0 Å². The van der Waals surface area contributed by atoms with Crippen LogP contribution >= 0.6 is 0 Å². The smallest absolute Gasteiger partial charge is 0.123 e. The summed E-state index contributed by atoms with van der Waals surface area (Å²) in [5.41, 5.74) is 2.56. The van der Waals surface area contributed by atoms with E-state index in [9.17, 15) is 0 Å². The van der Waals surface area contributed by atoms with Crippen molar-refractivity contribution in [2.24, 2.45) is 11.8 Å². The molecule has 0 spiro atoms. The Kier molecular flexibility index (Phi) is 6.10. The van der Waals surface area contributed by atoms with Gasteiger partial charge in [-0.1, -0.05) is 43.9 Å². The Morgan fingerprint density at radius 2 is 2.14 bits per heavy atom. The van der Waals surface area contributed by atoms with Crippen LogP contribution in [0.1, 0.15) is 63.1 Å². The molecule has 0 radical (unpaired) electrons. The zero-order valence-corrected chi connectivity index (χ0v) is 14.1. The van der Waals surface area contributed by atoms with Crippen LogP contribution in [0.25, 0.3) is 0 Å². The fourth-order valence-electron chi connectivity index (χ4n) is 3.63. The summed E-state index contributed by atoms with van der Waals surface area (Å²) in [7, 11) is 1.75. The van der Waals surface area contributed by atoms with Gasteiger partial charge < -0.3 is 10.1 Å². The first kappa shape index (κ1) is 16.4. The standard InChI is InChI=1S/C19H31NO/c1-14-6-5-7-17(12-14)10-11-20-16(3)18-13-15(2)8-9-19(18)21-4/h8-9,13-14,16-17,20H,5-7,10-12H2,1-4H3. The molecule has 2 nitrogen and oxygen atoms in total. The molecular weight excluding hydrogens is 258 g/mol. The Hall–Kier alpha value is -1.02. The molecule has 0 aromatic heterocycles. The van der Waals surface area contributed by atoms with Gasteiger partial charge >= 0.3 is 0 Å². The fraction of sp³-hybridized carbons (Fsp3) is 0.684. The number of benzene rings is 1. The average molecular weight is 289 g/mol. The Morgan fingerprint density at radius 1 is 1.33 bits per heavy atom. The predicted octanol–water partition coefficient (Wildman–Crippen LogP) is 4.87. The largest absolute Gasteiger partial charge is 0.496 e. The summed E-state index contributed by atoms with van der Waals surface area (Å²) in [6, 6.07) is 6.77. The van der Waals surface area contributed by atoms with Crippen LogP contribution in [-0.2, 0) is 0 Å². The second-order valence-corrected chi connectivity index (χ2v) is 6.85. The minimum atomic E-state index is 0.348. The number of aryl methyl sites for hydroxylation is 1. The maximum absolute atomic E-state index is 5.49. The molecule has 3 unspecified atom stereocenters. The molecule has 2 rings (SSSR count). The van der Waals surface area contributed by atoms with Crippen LogP contribution in [-0.4, -0.2) is 13.7 Å². The zero-order chi connectivity index (χ0) is 15.2. The molecule has 1 N–H and O–H groups in total. The van der Waals surface area contributed by atoms with E-state index in [1.165, 1.54) is 43.2 Å². The average Bonchev–Trinajstić information content (AvgIpc) is 2.47. The van der Waals surface area contributed by atoms with Crippen LogP contribution in [0, 0.1) is 18.8 Å². The van der Waals surface area contributed by atoms with Crippen molar-refractivity contribution >= 4 is 0 Å². The van der Waals surface area contributed by atoms with Crippen molar-refractivity contribution in [3.05, 3.63) is 29.3 Å². The molecule has 1 aromatic carbocycles. The highest BCUT2D eigenvalue weighted by Crippen LogP contribution is 2.31. The van der Waals surface area contributed by atoms with E-state index >= 15 is 0 Å². The molecule has 1 aromatic rings. The number of hydrogen-bond donors (Lipinski definition) is 1. The molecule has 1 saturated carbocycles. The highest BCUT2D eigenvalue weighted by molar-refractivity contribution is 5.38. The lowest BCUT2D eigenvalue weighted by atomic mass is 9.81. The fourth-order valence-corrected chi connectivity index (χ4v) is 3.63. The van der Waals surface area contributed by atoms with Gasteiger partial charge in [-0.3, -0.25) is 0 Å². The molecule has 1 fully saturated rings. The van der Waals surface area contributed by atoms with Crippen LogP contribution in [0.5, 0.6) is 5.75 Å². The maximum atomic E-state index is 5.49. The van der Waals surface area contributed by atoms with Crippen molar-refractivity contribution in [1.29, 1.82) is 0 Å². The van der Waals surface area contributed by atoms with Gasteiger partial charge in [0.1, 0.15) is 5.75 Å². The summed E-state index contributed by atoms with van der Waals surface area (Å²) in [6.45, 7) is 7.88. The number of methoxy groups -OCH3 is 1. The summed E-state index contributed by atoms with van der Waals surface area (Å²) in [5, 5.41) is 3.68. The Morgan fingerprint density at radius 3 is 2.86 bits per heavy atom. The van der Waals surface area contributed by atoms with Crippen molar-refractivity contribution < 1.29 is 4.74 Å². The topological polar surface area (TPSA) is 21.3 Å². The Labute approximate surface area is 130 Å². The van der Waals surface area contributed by atoms with E-state index in [0.29, 0.717) is 6.04 Å². The van der Waals surface area contributed by atoms with E-state index in [1.54, 1.807) is 7.11 Å². The normalized spacial score (nSPS) is 23.8. The van der Waals surface area contributed by atoms with Crippen molar-refractivity contribution in [2.45, 2.75) is 58.9 Å². The molecule has 118 valence electrons. The molecule has 0 bridgehead atoms. The number of ether oxygens (including phenoxy) is 1. The molecule has 3 atom stereocenters. The second kappa shape index (κ2) is 7.84. The summed E-state index contributed by atoms with van der Waals surface area (Å²) in [5.74, 6) is 2.85. The lowest BCUT2D eigenvalue weighted by molar-refractivity contribution is 0.265. The van der Waals surface area contributed by atoms with Gasteiger partial charge in [0.05, 0.1) is 7.11 Å². The third-order valence-electron chi connectivity index (χ3n) is 4.90. The van der Waals surface area contributed by atoms with E-state index in [0.717, 1.165) is 24.1 Å². The van der Waals surface area contributed by atoms with E-state index in [4.69, 9.17) is 4.74 Å². The molecule has 0 saturated heterocycles. The van der Waals surface area contributed by atoms with E-state index < -0.39 is 0 Å². The molecule has 2 heteroatoms. The SMILES string of the molecule is COc1ccc(C)cc1C(C)NCCC1CCCC(C)C1. The monoisotopic (exact) mass is 289 g/mol. The molecular formula is C19H31NO. The lowest BCUT2D eigenvalue weighted by Crippen LogP contribution is -2.24. The van der Waals surface area contributed by atoms with Crippen LogP contribution in [0.15, 0.2) is 18.2 Å². The van der Waals surface area contributed by atoms with Crippen LogP contribution in [0.4, 0.5) is 0 Å². The van der Waals surface area contributed by atoms with Crippen LogP contribution < -0.4 is 10.1 Å². The van der Waals surface area contributed by atoms with Gasteiger partial charge in [-0.15, -0.1) is 0 Å². The summed E-state index contributed by atoms with van der Waals surface area (Å²) >= 11 is 0. The third kappa shape index (κ3) is 4.74. The summed E-state index contributed by atoms with van der Waals surface area (Å²) in [6.07, 6.45) is 7.01. The number of hydrogen-bond acceptors (Lipinski definition) is 2. The van der Waals surface area contributed by atoms with E-state index in [-0.39, 0.29) is 0 Å². The van der Waals surface area contributed by atoms with Crippen molar-refractivity contribution in [3.63, 3.8) is 0 Å². The van der Waals surface area contributed by atoms with Crippen LogP contribution in [0.3, 0.4) is 0 Å². The highest BCUT2D eigenvalue weighted by Gasteiger charge is 2.19.